The fourth-order valence-electron chi connectivity index (χ4n) is 9.07. The topological polar surface area (TPSA) is 111 Å². The second-order valence-corrected chi connectivity index (χ2v) is 17.7. The number of amides is 2. The number of nitriles is 1. The van der Waals surface area contributed by atoms with Gasteiger partial charge in [0.2, 0.25) is 0 Å². The van der Waals surface area contributed by atoms with E-state index < -0.39 is 5.60 Å². The molecular weight excluding hydrogens is 652 g/mol. The molecule has 0 bridgehead atoms. The normalized spacial score (nSPS) is 24.5. The number of pyridine rings is 1. The van der Waals surface area contributed by atoms with E-state index in [2.05, 4.69) is 48.9 Å². The van der Waals surface area contributed by atoms with E-state index in [0.29, 0.717) is 33.2 Å². The number of nitrogens with zero attached hydrogens (tertiary/aromatic N) is 5. The molecule has 10 nitrogen and oxygen atoms in total. The maximum Gasteiger partial charge on any atom is 0.410 e. The Balaban J connectivity index is 0.942. The minimum absolute atomic E-state index is 0.119. The van der Waals surface area contributed by atoms with Crippen molar-refractivity contribution in [1.29, 1.82) is 5.26 Å². The summed E-state index contributed by atoms with van der Waals surface area (Å²) in [6.07, 6.45) is 5.71. The zero-order valence-electron chi connectivity index (χ0n) is 30.7. The molecule has 270 valence electrons. The molecule has 1 aromatic carbocycles. The quantitative estimate of drug-likeness (QED) is 0.337. The summed E-state index contributed by atoms with van der Waals surface area (Å²) in [5.74, 6) is 2.02. The molecule has 0 unspecified atom stereocenters. The molecule has 1 saturated carbocycles. The van der Waals surface area contributed by atoms with Crippen molar-refractivity contribution in [2.45, 2.75) is 91.9 Å². The number of aromatic nitrogens is 1. The molecule has 2 amide bonds. The van der Waals surface area contributed by atoms with Crippen molar-refractivity contribution >= 4 is 29.4 Å². The Hall–Kier alpha value is -3.55. The Kier molecular flexibility index (Phi) is 9.81. The van der Waals surface area contributed by atoms with Gasteiger partial charge in [0.05, 0.1) is 16.1 Å². The van der Waals surface area contributed by atoms with Crippen molar-refractivity contribution in [2.24, 2.45) is 22.2 Å². The summed E-state index contributed by atoms with van der Waals surface area (Å²) < 4.78 is 11.9. The van der Waals surface area contributed by atoms with Crippen molar-refractivity contribution in [1.82, 2.24) is 20.1 Å². The average Bonchev–Trinajstić information content (AvgIpc) is 3.05. The van der Waals surface area contributed by atoms with Gasteiger partial charge in [-0.3, -0.25) is 4.79 Å². The SMILES string of the molecule is CC(C)(C)OC(=O)N1CCC(CN2CC3(CCN(c4ccc(C(=O)N[C@H]5C(C)(C)[C@H](Oc6ccc(C#N)c(Cl)c6)C5(C)C)cn4)CC3)C2)CC1. The van der Waals surface area contributed by atoms with Crippen LogP contribution in [0.15, 0.2) is 36.5 Å². The molecule has 1 spiro atoms. The number of carbonyl (C=O) groups excluding carboxylic acids is 2. The standard InChI is InChI=1S/C39H53ClN6O4/c1-36(2,3)50-35(48)46-16-12-26(13-17-46)23-44-24-39(25-44)14-18-45(19-15-39)31-11-9-28(22-42-31)32(47)43-33-37(4,5)34(38(33,6)7)49-29-10-8-27(21-41)30(40)20-29/h8-11,20,22,26,33-34H,12-19,23-25H2,1-7H3,(H,43,47)/t33-,34-. The minimum atomic E-state index is -0.454. The zero-order valence-corrected chi connectivity index (χ0v) is 31.5. The number of halogens is 1. The number of likely N-dealkylation sites (tertiary alicyclic amines) is 2. The summed E-state index contributed by atoms with van der Waals surface area (Å²) in [4.78, 5) is 37.4. The van der Waals surface area contributed by atoms with Crippen molar-refractivity contribution in [3.8, 4) is 11.8 Å². The third-order valence-corrected chi connectivity index (χ3v) is 11.8. The molecule has 2 aromatic rings. The van der Waals surface area contributed by atoms with E-state index in [0.717, 1.165) is 77.3 Å². The Bertz CT molecular complexity index is 1590. The maximum atomic E-state index is 13.4. The van der Waals surface area contributed by atoms with Gasteiger partial charge in [0.25, 0.3) is 5.91 Å². The van der Waals surface area contributed by atoms with Gasteiger partial charge in [-0.05, 0) is 82.1 Å². The second-order valence-electron chi connectivity index (χ2n) is 17.3. The van der Waals surface area contributed by atoms with E-state index in [1.807, 2.05) is 37.8 Å². The van der Waals surface area contributed by atoms with Crippen LogP contribution in [0, 0.1) is 33.5 Å². The second kappa shape index (κ2) is 13.5. The van der Waals surface area contributed by atoms with E-state index in [1.54, 1.807) is 24.4 Å². The van der Waals surface area contributed by atoms with Gasteiger partial charge >= 0.3 is 6.09 Å². The minimum Gasteiger partial charge on any atom is -0.489 e. The third kappa shape index (κ3) is 7.41. The summed E-state index contributed by atoms with van der Waals surface area (Å²) in [6.45, 7) is 21.1. The van der Waals surface area contributed by atoms with Crippen molar-refractivity contribution in [2.75, 3.05) is 50.7 Å². The largest absolute Gasteiger partial charge is 0.489 e. The molecule has 1 N–H and O–H groups in total. The van der Waals surface area contributed by atoms with Gasteiger partial charge < -0.3 is 29.5 Å². The first-order chi connectivity index (χ1) is 23.5. The predicted octanol–water partition coefficient (Wildman–Crippen LogP) is 6.77. The molecular formula is C39H53ClN6O4. The van der Waals surface area contributed by atoms with Gasteiger partial charge in [-0.15, -0.1) is 0 Å². The number of hydrogen-bond donors (Lipinski definition) is 1. The number of nitrogens with one attached hydrogen (secondary N) is 1. The lowest BCUT2D eigenvalue weighted by molar-refractivity contribution is -0.164. The lowest BCUT2D eigenvalue weighted by Crippen LogP contribution is -2.74. The maximum absolute atomic E-state index is 13.4. The molecule has 3 saturated heterocycles. The van der Waals surface area contributed by atoms with Crippen LogP contribution in [0.3, 0.4) is 0 Å². The lowest BCUT2D eigenvalue weighted by Gasteiger charge is -2.63. The van der Waals surface area contributed by atoms with Crippen LogP contribution < -0.4 is 15.0 Å². The fourth-order valence-corrected chi connectivity index (χ4v) is 9.28. The first kappa shape index (κ1) is 36.2. The van der Waals surface area contributed by atoms with E-state index in [4.69, 9.17) is 26.1 Å². The third-order valence-electron chi connectivity index (χ3n) is 11.5. The van der Waals surface area contributed by atoms with Gasteiger partial charge in [-0.2, -0.15) is 5.26 Å². The Morgan fingerprint density at radius 3 is 2.24 bits per heavy atom. The smallest absolute Gasteiger partial charge is 0.410 e. The fraction of sp³-hybridized carbons (Fsp3) is 0.641. The zero-order chi connectivity index (χ0) is 36.1. The molecule has 4 aliphatic rings. The summed E-state index contributed by atoms with van der Waals surface area (Å²) >= 11 is 6.24. The first-order valence-electron chi connectivity index (χ1n) is 18.1. The van der Waals surface area contributed by atoms with Crippen LogP contribution in [0.4, 0.5) is 10.6 Å². The predicted molar refractivity (Wildman–Crippen MR) is 194 cm³/mol. The molecule has 4 heterocycles. The molecule has 50 heavy (non-hydrogen) atoms. The van der Waals surface area contributed by atoms with Crippen LogP contribution in [-0.2, 0) is 4.74 Å². The first-order valence-corrected chi connectivity index (χ1v) is 18.5. The molecule has 6 rings (SSSR count). The highest BCUT2D eigenvalue weighted by Gasteiger charge is 2.64. The highest BCUT2D eigenvalue weighted by Crippen LogP contribution is 2.55. The summed E-state index contributed by atoms with van der Waals surface area (Å²) in [6, 6.07) is 10.9. The molecule has 0 radical (unpaired) electrons. The molecule has 11 heteroatoms. The lowest BCUT2D eigenvalue weighted by atomic mass is 9.49. The molecule has 1 aliphatic carbocycles. The van der Waals surface area contributed by atoms with Crippen LogP contribution in [0.1, 0.15) is 90.1 Å². The number of piperidine rings is 2. The summed E-state index contributed by atoms with van der Waals surface area (Å²) in [5.41, 5.74) is 0.214. The Morgan fingerprint density at radius 1 is 1.02 bits per heavy atom. The van der Waals surface area contributed by atoms with E-state index in [9.17, 15) is 14.9 Å². The van der Waals surface area contributed by atoms with Crippen LogP contribution in [0.25, 0.3) is 0 Å². The van der Waals surface area contributed by atoms with Crippen LogP contribution in [0.5, 0.6) is 5.75 Å². The Labute approximate surface area is 302 Å². The molecule has 4 fully saturated rings. The van der Waals surface area contributed by atoms with Gasteiger partial charge in [-0.25, -0.2) is 9.78 Å². The Morgan fingerprint density at radius 2 is 1.68 bits per heavy atom. The van der Waals surface area contributed by atoms with E-state index in [-0.39, 0.29) is 35.0 Å². The summed E-state index contributed by atoms with van der Waals surface area (Å²) in [5, 5.41) is 12.8. The van der Waals surface area contributed by atoms with E-state index in [1.165, 1.54) is 0 Å². The number of anilines is 1. The van der Waals surface area contributed by atoms with Crippen molar-refractivity contribution < 1.29 is 19.1 Å². The number of hydrogen-bond acceptors (Lipinski definition) is 8. The average molecular weight is 705 g/mol. The van der Waals surface area contributed by atoms with Gasteiger partial charge in [0.1, 0.15) is 29.3 Å². The van der Waals surface area contributed by atoms with Gasteiger partial charge in [0, 0.05) is 74.9 Å². The van der Waals surface area contributed by atoms with Gasteiger partial charge in [0.15, 0.2) is 0 Å². The number of benzene rings is 1. The molecule has 1 aromatic heterocycles. The van der Waals surface area contributed by atoms with Crippen LogP contribution in [-0.4, -0.2) is 90.3 Å². The number of carbonyl (C=O) groups is 2. The monoisotopic (exact) mass is 704 g/mol. The highest BCUT2D eigenvalue weighted by molar-refractivity contribution is 6.31. The molecule has 3 aliphatic heterocycles. The highest BCUT2D eigenvalue weighted by atomic mass is 35.5. The molecule has 0 atom stereocenters. The van der Waals surface area contributed by atoms with Crippen molar-refractivity contribution in [3.05, 3.63) is 52.7 Å². The number of ether oxygens (including phenoxy) is 2. The summed E-state index contributed by atoms with van der Waals surface area (Å²) in [7, 11) is 0. The van der Waals surface area contributed by atoms with Crippen molar-refractivity contribution in [3.63, 3.8) is 0 Å². The van der Waals surface area contributed by atoms with Crippen LogP contribution in [0.2, 0.25) is 5.02 Å². The van der Waals surface area contributed by atoms with E-state index >= 15 is 0 Å². The number of rotatable bonds is 7. The van der Waals surface area contributed by atoms with Gasteiger partial charge in [-0.1, -0.05) is 39.3 Å². The van der Waals surface area contributed by atoms with Crippen LogP contribution >= 0.6 is 11.6 Å².